The van der Waals surface area contributed by atoms with E-state index in [2.05, 4.69) is 5.32 Å². The van der Waals surface area contributed by atoms with Gasteiger partial charge < -0.3 is 10.1 Å². The van der Waals surface area contributed by atoms with Crippen molar-refractivity contribution >= 4 is 55.7 Å². The lowest BCUT2D eigenvalue weighted by atomic mass is 10.1. The van der Waals surface area contributed by atoms with Gasteiger partial charge in [-0.2, -0.15) is 8.42 Å². The topological polar surface area (TPSA) is 92.7 Å². The van der Waals surface area contributed by atoms with E-state index in [1.807, 2.05) is 0 Å². The first-order chi connectivity index (χ1) is 12.8. The molecule has 0 saturated heterocycles. The summed E-state index contributed by atoms with van der Waals surface area (Å²) in [6, 6.07) is 13.8. The summed E-state index contributed by atoms with van der Waals surface area (Å²) in [7, 11) is -4.39. The molecule has 0 aliphatic carbocycles. The van der Waals surface area contributed by atoms with E-state index in [9.17, 15) is 17.8 Å². The van der Waals surface area contributed by atoms with Gasteiger partial charge in [-0.15, -0.1) is 0 Å². The van der Waals surface area contributed by atoms with Gasteiger partial charge in [0.25, 0.3) is 16.0 Å². The number of carbonyl (C=O) groups excluding carboxylic acids is 1. The number of anilines is 1. The van der Waals surface area contributed by atoms with Gasteiger partial charge in [0.1, 0.15) is 10.6 Å². The molecule has 0 unspecified atom stereocenters. The second-order valence-electron chi connectivity index (χ2n) is 5.54. The minimum Gasteiger partial charge on any atom is -0.482 e. The summed E-state index contributed by atoms with van der Waals surface area (Å²) in [5.41, 5.74) is 0.383. The van der Waals surface area contributed by atoms with Crippen LogP contribution in [-0.4, -0.2) is 25.5 Å². The number of hydrogen-bond donors (Lipinski definition) is 2. The molecule has 1 amide bonds. The lowest BCUT2D eigenvalue weighted by Gasteiger charge is -2.12. The highest BCUT2D eigenvalue weighted by Gasteiger charge is 2.16. The summed E-state index contributed by atoms with van der Waals surface area (Å²) in [4.78, 5) is 12.0. The van der Waals surface area contributed by atoms with Crippen LogP contribution in [0.2, 0.25) is 10.0 Å². The van der Waals surface area contributed by atoms with Crippen LogP contribution in [0.1, 0.15) is 0 Å². The SMILES string of the molecule is O=C(COc1ccc(Cl)cc1Cl)Nc1ccc(S(=O)(=O)O)c2ccccc12. The Bertz CT molecular complexity index is 1130. The minimum absolute atomic E-state index is 0.236. The maximum atomic E-state index is 12.2. The summed E-state index contributed by atoms with van der Waals surface area (Å²) >= 11 is 11.8. The highest BCUT2D eigenvalue weighted by molar-refractivity contribution is 7.86. The molecule has 140 valence electrons. The van der Waals surface area contributed by atoms with Crippen LogP contribution in [0.25, 0.3) is 10.8 Å². The fourth-order valence-electron chi connectivity index (χ4n) is 2.53. The number of hydrogen-bond acceptors (Lipinski definition) is 4. The molecule has 0 aromatic heterocycles. The van der Waals surface area contributed by atoms with Crippen molar-refractivity contribution in [3.63, 3.8) is 0 Å². The summed E-state index contributed by atoms with van der Waals surface area (Å²) in [6.07, 6.45) is 0. The van der Waals surface area contributed by atoms with Crippen LogP contribution < -0.4 is 10.1 Å². The first-order valence-corrected chi connectivity index (χ1v) is 9.82. The average molecular weight is 426 g/mol. The monoisotopic (exact) mass is 425 g/mol. The van der Waals surface area contributed by atoms with Crippen molar-refractivity contribution < 1.29 is 22.5 Å². The smallest absolute Gasteiger partial charge is 0.295 e. The quantitative estimate of drug-likeness (QED) is 0.590. The molecular weight excluding hydrogens is 413 g/mol. The van der Waals surface area contributed by atoms with Crippen molar-refractivity contribution in [1.82, 2.24) is 0 Å². The molecule has 0 saturated carbocycles. The van der Waals surface area contributed by atoms with Crippen molar-refractivity contribution in [2.24, 2.45) is 0 Å². The van der Waals surface area contributed by atoms with Gasteiger partial charge in [-0.3, -0.25) is 9.35 Å². The number of halogens is 2. The van der Waals surface area contributed by atoms with Crippen LogP contribution in [0.3, 0.4) is 0 Å². The molecule has 0 atom stereocenters. The molecule has 9 heteroatoms. The molecule has 0 aliphatic rings. The molecule has 6 nitrogen and oxygen atoms in total. The third-order valence-electron chi connectivity index (χ3n) is 3.69. The third-order valence-corrected chi connectivity index (χ3v) is 5.13. The van der Waals surface area contributed by atoms with Gasteiger partial charge in [-0.1, -0.05) is 47.5 Å². The Balaban J connectivity index is 1.81. The first kappa shape index (κ1) is 19.4. The number of carbonyl (C=O) groups is 1. The summed E-state index contributed by atoms with van der Waals surface area (Å²) in [5.74, 6) is -0.159. The van der Waals surface area contributed by atoms with Crippen LogP contribution in [0, 0.1) is 0 Å². The first-order valence-electron chi connectivity index (χ1n) is 7.62. The van der Waals surface area contributed by atoms with Gasteiger partial charge in [0, 0.05) is 21.5 Å². The zero-order valence-electron chi connectivity index (χ0n) is 13.6. The molecule has 3 aromatic rings. The molecule has 3 aromatic carbocycles. The van der Waals surface area contributed by atoms with Gasteiger partial charge in [0.15, 0.2) is 6.61 Å². The predicted molar refractivity (Wildman–Crippen MR) is 104 cm³/mol. The molecule has 0 bridgehead atoms. The summed E-state index contributed by atoms with van der Waals surface area (Å²) in [6.45, 7) is -0.310. The van der Waals surface area contributed by atoms with E-state index >= 15 is 0 Å². The Morgan fingerprint density at radius 1 is 1.04 bits per heavy atom. The average Bonchev–Trinajstić information content (AvgIpc) is 2.60. The molecule has 2 N–H and O–H groups in total. The lowest BCUT2D eigenvalue weighted by Crippen LogP contribution is -2.20. The molecule has 0 fully saturated rings. The zero-order valence-corrected chi connectivity index (χ0v) is 16.0. The van der Waals surface area contributed by atoms with E-state index in [4.69, 9.17) is 27.9 Å². The van der Waals surface area contributed by atoms with E-state index < -0.39 is 16.0 Å². The zero-order chi connectivity index (χ0) is 19.6. The van der Waals surface area contributed by atoms with Crippen molar-refractivity contribution in [2.75, 3.05) is 11.9 Å². The van der Waals surface area contributed by atoms with Crippen LogP contribution in [-0.2, 0) is 14.9 Å². The molecule has 27 heavy (non-hydrogen) atoms. The number of amides is 1. The second-order valence-corrected chi connectivity index (χ2v) is 7.78. The van der Waals surface area contributed by atoms with Crippen molar-refractivity contribution in [2.45, 2.75) is 4.90 Å². The lowest BCUT2D eigenvalue weighted by molar-refractivity contribution is -0.118. The van der Waals surface area contributed by atoms with Crippen LogP contribution in [0.15, 0.2) is 59.5 Å². The van der Waals surface area contributed by atoms with E-state index in [0.29, 0.717) is 27.2 Å². The number of rotatable bonds is 5. The maximum absolute atomic E-state index is 12.2. The van der Waals surface area contributed by atoms with Crippen LogP contribution >= 0.6 is 23.2 Å². The van der Waals surface area contributed by atoms with E-state index in [-0.39, 0.29) is 16.5 Å². The van der Waals surface area contributed by atoms with E-state index in [1.54, 1.807) is 30.3 Å². The van der Waals surface area contributed by atoms with Gasteiger partial charge in [-0.25, -0.2) is 0 Å². The van der Waals surface area contributed by atoms with Gasteiger partial charge in [-0.05, 0) is 30.3 Å². The Morgan fingerprint density at radius 3 is 2.41 bits per heavy atom. The number of fused-ring (bicyclic) bond motifs is 1. The van der Waals surface area contributed by atoms with E-state index in [0.717, 1.165) is 0 Å². The second kappa shape index (κ2) is 7.74. The third kappa shape index (κ3) is 4.51. The maximum Gasteiger partial charge on any atom is 0.295 e. The van der Waals surface area contributed by atoms with Crippen LogP contribution in [0.5, 0.6) is 5.75 Å². The largest absolute Gasteiger partial charge is 0.482 e. The molecule has 0 heterocycles. The Morgan fingerprint density at radius 2 is 1.74 bits per heavy atom. The van der Waals surface area contributed by atoms with Crippen LogP contribution in [0.4, 0.5) is 5.69 Å². The predicted octanol–water partition coefficient (Wildman–Crippen LogP) is 4.41. The van der Waals surface area contributed by atoms with Gasteiger partial charge in [0.05, 0.1) is 5.02 Å². The Hall–Kier alpha value is -2.32. The normalized spacial score (nSPS) is 11.4. The summed E-state index contributed by atoms with van der Waals surface area (Å²) < 4.78 is 37.8. The van der Waals surface area contributed by atoms with Crippen molar-refractivity contribution in [1.29, 1.82) is 0 Å². The Kier molecular flexibility index (Phi) is 5.57. The number of benzene rings is 3. The number of ether oxygens (including phenoxy) is 1. The van der Waals surface area contributed by atoms with Crippen molar-refractivity contribution in [3.05, 3.63) is 64.6 Å². The standard InChI is InChI=1S/C18H13Cl2NO5S/c19-11-5-7-16(14(20)9-11)26-10-18(22)21-15-6-8-17(27(23,24)25)13-4-2-1-3-12(13)15/h1-9H,10H2,(H,21,22)(H,23,24,25). The molecule has 3 rings (SSSR count). The molecule has 0 spiro atoms. The number of nitrogens with one attached hydrogen (secondary N) is 1. The minimum atomic E-state index is -4.39. The summed E-state index contributed by atoms with van der Waals surface area (Å²) in [5, 5.41) is 4.13. The fraction of sp³-hybridized carbons (Fsp3) is 0.0556. The molecule has 0 aliphatic heterocycles. The molecule has 0 radical (unpaired) electrons. The fourth-order valence-corrected chi connectivity index (χ4v) is 3.69. The van der Waals surface area contributed by atoms with Gasteiger partial charge in [0.2, 0.25) is 0 Å². The molecular formula is C18H13Cl2NO5S. The van der Waals surface area contributed by atoms with Crippen molar-refractivity contribution in [3.8, 4) is 5.75 Å². The van der Waals surface area contributed by atoms with Gasteiger partial charge >= 0.3 is 0 Å². The highest BCUT2D eigenvalue weighted by atomic mass is 35.5. The van der Waals surface area contributed by atoms with E-state index in [1.165, 1.54) is 24.3 Å². The Labute approximate surface area is 165 Å². The highest BCUT2D eigenvalue weighted by Crippen LogP contribution is 2.30.